The SMILES string of the molecule is CC(CN)NC(=O)c1cc([N+](=O)[O-])ccc1Br. The molecule has 17 heavy (non-hydrogen) atoms. The Balaban J connectivity index is 3.00. The highest BCUT2D eigenvalue weighted by molar-refractivity contribution is 9.10. The normalized spacial score (nSPS) is 11.9. The summed E-state index contributed by atoms with van der Waals surface area (Å²) < 4.78 is 0.504. The summed E-state index contributed by atoms with van der Waals surface area (Å²) in [6.07, 6.45) is 0. The summed E-state index contributed by atoms with van der Waals surface area (Å²) in [7, 11) is 0. The number of hydrogen-bond acceptors (Lipinski definition) is 4. The Hall–Kier alpha value is -1.47. The maximum Gasteiger partial charge on any atom is 0.270 e. The molecule has 7 heteroatoms. The number of nitrogens with one attached hydrogen (secondary N) is 1. The minimum absolute atomic E-state index is 0.126. The number of nitrogens with two attached hydrogens (primary N) is 1. The zero-order valence-corrected chi connectivity index (χ0v) is 10.7. The topological polar surface area (TPSA) is 98.3 Å². The highest BCUT2D eigenvalue weighted by atomic mass is 79.9. The molecule has 3 N–H and O–H groups in total. The van der Waals surface area contributed by atoms with Crippen LogP contribution in [-0.4, -0.2) is 23.4 Å². The molecular weight excluding hydrogens is 290 g/mol. The average molecular weight is 302 g/mol. The summed E-state index contributed by atoms with van der Waals surface area (Å²) in [4.78, 5) is 21.8. The number of benzene rings is 1. The predicted molar refractivity (Wildman–Crippen MR) is 66.8 cm³/mol. The van der Waals surface area contributed by atoms with Crippen LogP contribution in [0, 0.1) is 10.1 Å². The fraction of sp³-hybridized carbons (Fsp3) is 0.300. The van der Waals surface area contributed by atoms with Crippen molar-refractivity contribution in [1.29, 1.82) is 0 Å². The van der Waals surface area contributed by atoms with Crippen LogP contribution in [0.1, 0.15) is 17.3 Å². The van der Waals surface area contributed by atoms with Gasteiger partial charge in [0.25, 0.3) is 11.6 Å². The van der Waals surface area contributed by atoms with Crippen LogP contribution in [0.2, 0.25) is 0 Å². The number of nitro benzene ring substituents is 1. The molecule has 0 heterocycles. The van der Waals surface area contributed by atoms with Crippen LogP contribution in [0.3, 0.4) is 0 Å². The lowest BCUT2D eigenvalue weighted by molar-refractivity contribution is -0.384. The number of nitrogens with zero attached hydrogens (tertiary/aromatic N) is 1. The van der Waals surface area contributed by atoms with Gasteiger partial charge in [-0.3, -0.25) is 14.9 Å². The van der Waals surface area contributed by atoms with Crippen LogP contribution in [0.4, 0.5) is 5.69 Å². The third kappa shape index (κ3) is 3.50. The van der Waals surface area contributed by atoms with E-state index in [2.05, 4.69) is 21.2 Å². The van der Waals surface area contributed by atoms with Crippen molar-refractivity contribution in [3.8, 4) is 0 Å². The molecule has 0 saturated heterocycles. The molecule has 1 rings (SSSR count). The maximum atomic E-state index is 11.8. The molecular formula is C10H12BrN3O3. The highest BCUT2D eigenvalue weighted by Crippen LogP contribution is 2.22. The Kier molecular flexibility index (Phi) is 4.59. The number of non-ortho nitro benzene ring substituents is 1. The molecule has 0 aliphatic carbocycles. The first kappa shape index (κ1) is 13.6. The van der Waals surface area contributed by atoms with Gasteiger partial charge in [0.05, 0.1) is 10.5 Å². The Labute approximate surface area is 106 Å². The molecule has 0 spiro atoms. The van der Waals surface area contributed by atoms with E-state index in [9.17, 15) is 14.9 Å². The first-order valence-corrected chi connectivity index (χ1v) is 5.70. The maximum absolute atomic E-state index is 11.8. The minimum atomic E-state index is -0.546. The summed E-state index contributed by atoms with van der Waals surface area (Å²) in [6, 6.07) is 3.84. The molecule has 0 bridgehead atoms. The van der Waals surface area contributed by atoms with Gasteiger partial charge in [-0.1, -0.05) is 0 Å². The van der Waals surface area contributed by atoms with E-state index in [1.807, 2.05) is 0 Å². The van der Waals surface area contributed by atoms with Gasteiger partial charge in [-0.2, -0.15) is 0 Å². The van der Waals surface area contributed by atoms with E-state index in [0.717, 1.165) is 0 Å². The molecule has 0 fully saturated rings. The van der Waals surface area contributed by atoms with E-state index in [-0.39, 0.29) is 17.3 Å². The second-order valence-corrected chi connectivity index (χ2v) is 4.39. The summed E-state index contributed by atoms with van der Waals surface area (Å²) in [5.74, 6) is -0.390. The van der Waals surface area contributed by atoms with Crippen LogP contribution in [0.25, 0.3) is 0 Å². The van der Waals surface area contributed by atoms with Crippen LogP contribution in [0.15, 0.2) is 22.7 Å². The fourth-order valence-electron chi connectivity index (χ4n) is 1.16. The zero-order chi connectivity index (χ0) is 13.0. The number of carbonyl (C=O) groups is 1. The summed E-state index contributed by atoms with van der Waals surface area (Å²) >= 11 is 3.18. The van der Waals surface area contributed by atoms with Crippen molar-refractivity contribution in [1.82, 2.24) is 5.32 Å². The second-order valence-electron chi connectivity index (χ2n) is 3.53. The minimum Gasteiger partial charge on any atom is -0.348 e. The van der Waals surface area contributed by atoms with Gasteiger partial charge in [0.1, 0.15) is 0 Å². The molecule has 1 amide bonds. The van der Waals surface area contributed by atoms with E-state index in [1.54, 1.807) is 6.92 Å². The van der Waals surface area contributed by atoms with E-state index < -0.39 is 10.8 Å². The number of halogens is 1. The van der Waals surface area contributed by atoms with E-state index in [4.69, 9.17) is 5.73 Å². The van der Waals surface area contributed by atoms with E-state index >= 15 is 0 Å². The Morgan fingerprint density at radius 1 is 1.65 bits per heavy atom. The van der Waals surface area contributed by atoms with Crippen molar-refractivity contribution < 1.29 is 9.72 Å². The smallest absolute Gasteiger partial charge is 0.270 e. The third-order valence-electron chi connectivity index (χ3n) is 2.14. The lowest BCUT2D eigenvalue weighted by Crippen LogP contribution is -2.37. The number of hydrogen-bond donors (Lipinski definition) is 2. The van der Waals surface area contributed by atoms with E-state index in [1.165, 1.54) is 18.2 Å². The van der Waals surface area contributed by atoms with Crippen LogP contribution >= 0.6 is 15.9 Å². The molecule has 1 aromatic carbocycles. The number of nitro groups is 1. The van der Waals surface area contributed by atoms with Crippen molar-refractivity contribution in [2.75, 3.05) is 6.54 Å². The molecule has 1 unspecified atom stereocenters. The van der Waals surface area contributed by atoms with Gasteiger partial charge in [0.15, 0.2) is 0 Å². The van der Waals surface area contributed by atoms with Crippen molar-refractivity contribution in [3.63, 3.8) is 0 Å². The Morgan fingerprint density at radius 2 is 2.29 bits per heavy atom. The summed E-state index contributed by atoms with van der Waals surface area (Å²) in [5.41, 5.74) is 5.48. The Morgan fingerprint density at radius 3 is 2.82 bits per heavy atom. The molecule has 0 aliphatic heterocycles. The van der Waals surface area contributed by atoms with Crippen molar-refractivity contribution in [3.05, 3.63) is 38.3 Å². The average Bonchev–Trinajstić information content (AvgIpc) is 2.28. The molecule has 6 nitrogen and oxygen atoms in total. The lowest BCUT2D eigenvalue weighted by atomic mass is 10.2. The van der Waals surface area contributed by atoms with Crippen molar-refractivity contribution in [2.45, 2.75) is 13.0 Å². The number of rotatable bonds is 4. The van der Waals surface area contributed by atoms with E-state index in [0.29, 0.717) is 11.0 Å². The van der Waals surface area contributed by atoms with Crippen molar-refractivity contribution >= 4 is 27.5 Å². The molecule has 0 aromatic heterocycles. The summed E-state index contributed by atoms with van der Waals surface area (Å²) in [5, 5.41) is 13.2. The van der Waals surface area contributed by atoms with Crippen LogP contribution < -0.4 is 11.1 Å². The highest BCUT2D eigenvalue weighted by Gasteiger charge is 2.16. The summed E-state index contributed by atoms with van der Waals surface area (Å²) in [6.45, 7) is 2.06. The molecule has 1 aromatic rings. The first-order valence-electron chi connectivity index (χ1n) is 4.90. The van der Waals surface area contributed by atoms with Crippen LogP contribution in [-0.2, 0) is 0 Å². The molecule has 0 radical (unpaired) electrons. The number of carbonyl (C=O) groups excluding carboxylic acids is 1. The second kappa shape index (κ2) is 5.74. The molecule has 92 valence electrons. The molecule has 0 aliphatic rings. The number of amides is 1. The van der Waals surface area contributed by atoms with Gasteiger partial charge in [-0.05, 0) is 28.9 Å². The Bertz CT molecular complexity index is 450. The van der Waals surface area contributed by atoms with Gasteiger partial charge in [0, 0.05) is 29.2 Å². The fourth-order valence-corrected chi connectivity index (χ4v) is 1.59. The zero-order valence-electron chi connectivity index (χ0n) is 9.14. The standard InChI is InChI=1S/C10H12BrN3O3/c1-6(5-12)13-10(15)8-4-7(14(16)17)2-3-9(8)11/h2-4,6H,5,12H2,1H3,(H,13,15). The van der Waals surface area contributed by atoms with Gasteiger partial charge in [-0.25, -0.2) is 0 Å². The van der Waals surface area contributed by atoms with Gasteiger partial charge < -0.3 is 11.1 Å². The molecule has 0 saturated carbocycles. The lowest BCUT2D eigenvalue weighted by Gasteiger charge is -2.11. The largest absolute Gasteiger partial charge is 0.348 e. The van der Waals surface area contributed by atoms with Crippen molar-refractivity contribution in [2.24, 2.45) is 5.73 Å². The quantitative estimate of drug-likeness (QED) is 0.649. The third-order valence-corrected chi connectivity index (χ3v) is 2.83. The van der Waals surface area contributed by atoms with Gasteiger partial charge in [0.2, 0.25) is 0 Å². The van der Waals surface area contributed by atoms with Gasteiger partial charge in [-0.15, -0.1) is 0 Å². The monoisotopic (exact) mass is 301 g/mol. The van der Waals surface area contributed by atoms with Gasteiger partial charge >= 0.3 is 0 Å². The first-order chi connectivity index (χ1) is 7.95. The van der Waals surface area contributed by atoms with Crippen LogP contribution in [0.5, 0.6) is 0 Å². The predicted octanol–water partition coefficient (Wildman–Crippen LogP) is 1.43. The molecule has 1 atom stereocenters.